The fourth-order valence-corrected chi connectivity index (χ4v) is 3.74. The van der Waals surface area contributed by atoms with Crippen LogP contribution in [-0.4, -0.2) is 51.7 Å². The van der Waals surface area contributed by atoms with E-state index in [0.717, 1.165) is 17.3 Å². The molecule has 2 fully saturated rings. The van der Waals surface area contributed by atoms with E-state index in [1.165, 1.54) is 4.90 Å². The third-order valence-corrected chi connectivity index (χ3v) is 5.55. The van der Waals surface area contributed by atoms with Gasteiger partial charge in [0.2, 0.25) is 11.8 Å². The first kappa shape index (κ1) is 16.6. The molecular weight excluding hydrogens is 359 g/mol. The number of hydrogen-bond donors (Lipinski definition) is 0. The van der Waals surface area contributed by atoms with E-state index >= 15 is 0 Å². The molecule has 2 heterocycles. The maximum absolute atomic E-state index is 12.1. The number of aryl methyl sites for hydroxylation is 1. The summed E-state index contributed by atoms with van der Waals surface area (Å²) in [4.78, 5) is 38.3. The second kappa shape index (κ2) is 6.71. The van der Waals surface area contributed by atoms with Crippen molar-refractivity contribution in [2.45, 2.75) is 18.9 Å². The molecule has 0 saturated carbocycles. The van der Waals surface area contributed by atoms with Gasteiger partial charge in [-0.05, 0) is 24.1 Å². The molecule has 3 amide bonds. The summed E-state index contributed by atoms with van der Waals surface area (Å²) < 4.78 is 0. The molecule has 0 unspecified atom stereocenters. The van der Waals surface area contributed by atoms with Crippen LogP contribution in [0.15, 0.2) is 18.2 Å². The van der Waals surface area contributed by atoms with Gasteiger partial charge < -0.3 is 4.90 Å². The molecule has 0 aromatic heterocycles. The Kier molecular flexibility index (Phi) is 4.85. The molecule has 122 valence electrons. The maximum atomic E-state index is 12.1. The number of likely N-dealkylation sites (tertiary alicyclic amines) is 1. The Morgan fingerprint density at radius 2 is 1.96 bits per heavy atom. The van der Waals surface area contributed by atoms with E-state index in [2.05, 4.69) is 0 Å². The summed E-state index contributed by atoms with van der Waals surface area (Å²) in [5.74, 6) is 0.0626. The summed E-state index contributed by atoms with van der Waals surface area (Å²) in [5.41, 5.74) is 0.950. The Morgan fingerprint density at radius 3 is 2.57 bits per heavy atom. The molecule has 1 aromatic carbocycles. The number of imide groups is 1. The minimum Gasteiger partial charge on any atom is -0.338 e. The smallest absolute Gasteiger partial charge is 0.289 e. The monoisotopic (exact) mass is 372 g/mol. The Balaban J connectivity index is 1.48. The average molecular weight is 373 g/mol. The first-order valence-corrected chi connectivity index (χ1v) is 8.90. The van der Waals surface area contributed by atoms with Gasteiger partial charge in [-0.25, -0.2) is 0 Å². The van der Waals surface area contributed by atoms with Crippen molar-refractivity contribution in [1.82, 2.24) is 9.80 Å². The number of hydrogen-bond acceptors (Lipinski definition) is 4. The number of benzene rings is 1. The van der Waals surface area contributed by atoms with Gasteiger partial charge in [0.15, 0.2) is 0 Å². The number of carbonyl (C=O) groups is 3. The molecule has 1 aromatic rings. The van der Waals surface area contributed by atoms with Gasteiger partial charge in [0, 0.05) is 19.5 Å². The number of thioether (sulfide) groups is 1. The van der Waals surface area contributed by atoms with Crippen molar-refractivity contribution in [1.29, 1.82) is 0 Å². The lowest BCUT2D eigenvalue weighted by Gasteiger charge is -2.42. The maximum Gasteiger partial charge on any atom is 0.289 e. The molecule has 2 saturated heterocycles. The number of amides is 3. The van der Waals surface area contributed by atoms with Gasteiger partial charge in [0.1, 0.15) is 0 Å². The molecule has 5 nitrogen and oxygen atoms in total. The summed E-state index contributed by atoms with van der Waals surface area (Å²) in [6.45, 7) is 0.858. The lowest BCUT2D eigenvalue weighted by Crippen LogP contribution is -2.62. The van der Waals surface area contributed by atoms with Crippen molar-refractivity contribution in [2.75, 3.05) is 18.8 Å². The first-order chi connectivity index (χ1) is 11.0. The Morgan fingerprint density at radius 1 is 1.22 bits per heavy atom. The molecule has 8 heteroatoms. The van der Waals surface area contributed by atoms with E-state index < -0.39 is 0 Å². The van der Waals surface area contributed by atoms with E-state index in [4.69, 9.17) is 23.2 Å². The zero-order valence-corrected chi connectivity index (χ0v) is 14.5. The molecule has 3 rings (SSSR count). The Hall–Kier alpha value is -1.24. The van der Waals surface area contributed by atoms with E-state index in [9.17, 15) is 14.4 Å². The van der Waals surface area contributed by atoms with Crippen molar-refractivity contribution < 1.29 is 14.4 Å². The van der Waals surface area contributed by atoms with E-state index in [1.54, 1.807) is 17.0 Å². The molecule has 0 bridgehead atoms. The Bertz CT molecular complexity index is 661. The fourth-order valence-electron chi connectivity index (χ4n) is 2.64. The SMILES string of the molecule is O=C(CCc1ccc(Cl)c(Cl)c1)N1CC(N2C(=O)CSC2=O)C1. The molecule has 0 spiro atoms. The lowest BCUT2D eigenvalue weighted by molar-refractivity contribution is -0.142. The molecule has 0 N–H and O–H groups in total. The fraction of sp³-hybridized carbons (Fsp3) is 0.400. The summed E-state index contributed by atoms with van der Waals surface area (Å²) in [7, 11) is 0. The number of nitrogens with zero attached hydrogens (tertiary/aromatic N) is 2. The molecule has 2 aliphatic heterocycles. The largest absolute Gasteiger partial charge is 0.338 e. The average Bonchev–Trinajstić information content (AvgIpc) is 2.79. The van der Waals surface area contributed by atoms with E-state index in [0.29, 0.717) is 36.0 Å². The summed E-state index contributed by atoms with van der Waals surface area (Å²) in [6, 6.07) is 5.15. The predicted octanol–water partition coefficient (Wildman–Crippen LogP) is 2.83. The molecule has 0 atom stereocenters. The predicted molar refractivity (Wildman–Crippen MR) is 89.9 cm³/mol. The molecule has 0 aliphatic carbocycles. The number of rotatable bonds is 4. The second-order valence-corrected chi connectivity index (χ2v) is 7.26. The van der Waals surface area contributed by atoms with Crippen molar-refractivity contribution in [3.8, 4) is 0 Å². The minimum absolute atomic E-state index is 0.0130. The highest BCUT2D eigenvalue weighted by atomic mass is 35.5. The van der Waals surface area contributed by atoms with Crippen LogP contribution in [0.25, 0.3) is 0 Å². The minimum atomic E-state index is -0.206. The van der Waals surface area contributed by atoms with Crippen LogP contribution in [0.4, 0.5) is 4.79 Å². The van der Waals surface area contributed by atoms with Crippen LogP contribution < -0.4 is 0 Å². The topological polar surface area (TPSA) is 57.7 Å². The standard InChI is InChI=1S/C15H14Cl2N2O3S/c16-11-3-1-9(5-12(11)17)2-4-13(20)18-6-10(7-18)19-14(21)8-23-15(19)22/h1,3,5,10H,2,4,6-8H2. The zero-order valence-electron chi connectivity index (χ0n) is 12.1. The summed E-state index contributed by atoms with van der Waals surface area (Å²) in [6.07, 6.45) is 0.940. The highest BCUT2D eigenvalue weighted by molar-refractivity contribution is 8.14. The number of carbonyl (C=O) groups excluding carboxylic acids is 3. The van der Waals surface area contributed by atoms with Gasteiger partial charge in [-0.15, -0.1) is 0 Å². The highest BCUT2D eigenvalue weighted by Gasteiger charge is 2.43. The van der Waals surface area contributed by atoms with Gasteiger partial charge in [0.25, 0.3) is 5.24 Å². The van der Waals surface area contributed by atoms with Gasteiger partial charge in [-0.2, -0.15) is 0 Å². The van der Waals surface area contributed by atoms with Gasteiger partial charge in [-0.1, -0.05) is 41.0 Å². The second-order valence-electron chi connectivity index (χ2n) is 5.52. The van der Waals surface area contributed by atoms with Crippen LogP contribution in [0.1, 0.15) is 12.0 Å². The van der Waals surface area contributed by atoms with E-state index in [1.807, 2.05) is 6.07 Å². The zero-order chi connectivity index (χ0) is 16.6. The molecule has 23 heavy (non-hydrogen) atoms. The van der Waals surface area contributed by atoms with E-state index in [-0.39, 0.29) is 28.8 Å². The highest BCUT2D eigenvalue weighted by Crippen LogP contribution is 2.27. The van der Waals surface area contributed by atoms with Crippen molar-refractivity contribution >= 4 is 52.0 Å². The van der Waals surface area contributed by atoms with Crippen LogP contribution in [0.3, 0.4) is 0 Å². The van der Waals surface area contributed by atoms with Gasteiger partial charge in [-0.3, -0.25) is 19.3 Å². The summed E-state index contributed by atoms with van der Waals surface area (Å²) in [5, 5.41) is 0.761. The van der Waals surface area contributed by atoms with Crippen molar-refractivity contribution in [3.05, 3.63) is 33.8 Å². The molecule has 2 aliphatic rings. The third kappa shape index (κ3) is 3.49. The van der Waals surface area contributed by atoms with Crippen LogP contribution in [0.2, 0.25) is 10.0 Å². The Labute approximate surface area is 147 Å². The van der Waals surface area contributed by atoms with Gasteiger partial charge >= 0.3 is 0 Å². The normalized spacial score (nSPS) is 18.5. The van der Waals surface area contributed by atoms with Crippen LogP contribution in [0.5, 0.6) is 0 Å². The quantitative estimate of drug-likeness (QED) is 0.815. The van der Waals surface area contributed by atoms with Crippen molar-refractivity contribution in [2.24, 2.45) is 0 Å². The lowest BCUT2D eigenvalue weighted by atomic mass is 10.0. The van der Waals surface area contributed by atoms with Crippen LogP contribution in [0, 0.1) is 0 Å². The van der Waals surface area contributed by atoms with Gasteiger partial charge in [0.05, 0.1) is 21.8 Å². The third-order valence-electron chi connectivity index (χ3n) is 3.98. The first-order valence-electron chi connectivity index (χ1n) is 7.16. The van der Waals surface area contributed by atoms with Crippen LogP contribution in [-0.2, 0) is 16.0 Å². The summed E-state index contributed by atoms with van der Waals surface area (Å²) >= 11 is 12.8. The molecule has 0 radical (unpaired) electrons. The van der Waals surface area contributed by atoms with Crippen molar-refractivity contribution in [3.63, 3.8) is 0 Å². The van der Waals surface area contributed by atoms with Crippen LogP contribution >= 0.6 is 35.0 Å². The number of halogens is 2. The molecular formula is C15H14Cl2N2O3S.